The van der Waals surface area contributed by atoms with Gasteiger partial charge in [0.05, 0.1) is 13.7 Å². The van der Waals surface area contributed by atoms with E-state index in [-0.39, 0.29) is 20.1 Å². The van der Waals surface area contributed by atoms with Crippen molar-refractivity contribution in [3.05, 3.63) is 115 Å². The van der Waals surface area contributed by atoms with Crippen LogP contribution < -0.4 is 5.19 Å². The van der Waals surface area contributed by atoms with Crippen molar-refractivity contribution in [1.29, 1.82) is 0 Å². The molecule has 3 aromatic carbocycles. The molecule has 42 heavy (non-hydrogen) atoms. The van der Waals surface area contributed by atoms with E-state index in [0.717, 1.165) is 55.6 Å². The van der Waals surface area contributed by atoms with Crippen molar-refractivity contribution < 1.29 is 27.3 Å². The second kappa shape index (κ2) is 13.3. The maximum Gasteiger partial charge on any atom is 0.120 e. The van der Waals surface area contributed by atoms with Gasteiger partial charge in [-0.2, -0.15) is 0 Å². The van der Waals surface area contributed by atoms with Crippen molar-refractivity contribution >= 4 is 35.2 Å². The van der Waals surface area contributed by atoms with Gasteiger partial charge in [-0.3, -0.25) is 0 Å². The Labute approximate surface area is 267 Å². The molecule has 217 valence electrons. The van der Waals surface area contributed by atoms with E-state index in [4.69, 9.17) is 7.16 Å². The smallest absolute Gasteiger partial charge is 0.120 e. The summed E-state index contributed by atoms with van der Waals surface area (Å²) in [6.07, 6.45) is 3.73. The van der Waals surface area contributed by atoms with Crippen LogP contribution in [0.15, 0.2) is 95.7 Å². The monoisotopic (exact) mass is 749 g/mol. The number of furan rings is 1. The number of pyridine rings is 2. The van der Waals surface area contributed by atoms with E-state index >= 15 is 0 Å². The van der Waals surface area contributed by atoms with Crippen molar-refractivity contribution in [2.75, 3.05) is 0 Å². The fourth-order valence-corrected chi connectivity index (χ4v) is 6.51. The van der Waals surface area contributed by atoms with Crippen LogP contribution in [0.5, 0.6) is 0 Å². The molecular formula is C37H38IrN2OSi-2. The van der Waals surface area contributed by atoms with Gasteiger partial charge in [0.25, 0.3) is 0 Å². The van der Waals surface area contributed by atoms with Gasteiger partial charge in [0.2, 0.25) is 0 Å². The number of nitrogens with zero attached hydrogens (tertiary/aromatic N) is 2. The normalized spacial score (nSPS) is 12.6. The van der Waals surface area contributed by atoms with Gasteiger partial charge in [-0.15, -0.1) is 54.1 Å². The minimum atomic E-state index is -1.50. The Balaban J connectivity index is 0.000000199. The van der Waals surface area contributed by atoms with Gasteiger partial charge in [0.15, 0.2) is 0 Å². The zero-order chi connectivity index (χ0) is 31.0. The van der Waals surface area contributed by atoms with Crippen LogP contribution in [0.3, 0.4) is 0 Å². The fourth-order valence-electron chi connectivity index (χ4n) is 4.93. The molecule has 0 saturated carbocycles. The third-order valence-electron chi connectivity index (χ3n) is 7.17. The summed E-state index contributed by atoms with van der Waals surface area (Å²) in [5, 5.41) is 3.43. The molecule has 6 aromatic rings. The van der Waals surface area contributed by atoms with Crippen molar-refractivity contribution in [3.63, 3.8) is 0 Å². The molecule has 0 saturated heterocycles. The number of hydrogen-bond donors (Lipinski definition) is 0. The molecule has 0 N–H and O–H groups in total. The molecule has 3 heterocycles. The summed E-state index contributed by atoms with van der Waals surface area (Å²) in [6, 6.07) is 32.1. The van der Waals surface area contributed by atoms with Gasteiger partial charge in [0, 0.05) is 40.6 Å². The van der Waals surface area contributed by atoms with Crippen molar-refractivity contribution in [1.82, 2.24) is 9.97 Å². The van der Waals surface area contributed by atoms with E-state index in [2.05, 4.69) is 53.9 Å². The maximum atomic E-state index is 8.44. The summed E-state index contributed by atoms with van der Waals surface area (Å²) in [5.41, 5.74) is 7.18. The average Bonchev–Trinajstić information content (AvgIpc) is 3.35. The van der Waals surface area contributed by atoms with Crippen LogP contribution in [0.1, 0.15) is 53.4 Å². The molecule has 0 aliphatic rings. The zero-order valence-electron chi connectivity index (χ0n) is 27.3. The molecule has 6 rings (SSSR count). The molecule has 0 unspecified atom stereocenters. The van der Waals surface area contributed by atoms with Gasteiger partial charge in [-0.1, -0.05) is 99.7 Å². The van der Waals surface area contributed by atoms with Crippen molar-refractivity contribution in [2.45, 2.75) is 59.1 Å². The van der Waals surface area contributed by atoms with Crippen LogP contribution in [0.2, 0.25) is 19.6 Å². The molecule has 0 aliphatic heterocycles. The topological polar surface area (TPSA) is 38.9 Å². The van der Waals surface area contributed by atoms with Crippen molar-refractivity contribution in [3.8, 4) is 22.5 Å². The predicted octanol–water partition coefficient (Wildman–Crippen LogP) is 9.79. The minimum absolute atomic E-state index is 0. The van der Waals surface area contributed by atoms with Gasteiger partial charge in [-0.05, 0) is 40.5 Å². The second-order valence-electron chi connectivity index (χ2n) is 11.8. The molecular weight excluding hydrogens is 709 g/mol. The van der Waals surface area contributed by atoms with Crippen LogP contribution in [0, 0.1) is 12.1 Å². The largest absolute Gasteiger partial charge is 0.501 e. The van der Waals surface area contributed by atoms with Crippen LogP contribution in [0.4, 0.5) is 0 Å². The number of benzene rings is 3. The first kappa shape index (κ1) is 28.7. The van der Waals surface area contributed by atoms with Crippen LogP contribution in [-0.4, -0.2) is 18.0 Å². The average molecular weight is 749 g/mol. The standard InChI is InChI=1S/C20H16NO.C17H22NSi.Ir/c1-13(2)14-10-11-21-18(12-14)17-8-5-7-16-15-6-3-4-9-19(15)22-20(16)17;1-13(2)15-11-16(14-9-7-6-8-10-14)18-12-17(15)19(3,4)5;/h3-7,9-13H,1-2H3;6-9,11-13H,1-5H3;/q2*-1;/i2*13D;. The second-order valence-corrected chi connectivity index (χ2v) is 16.8. The van der Waals surface area contributed by atoms with E-state index in [0.29, 0.717) is 0 Å². The first-order valence-corrected chi connectivity index (χ1v) is 17.5. The molecule has 0 spiro atoms. The van der Waals surface area contributed by atoms with Gasteiger partial charge >= 0.3 is 0 Å². The van der Waals surface area contributed by atoms with E-state index < -0.39 is 19.9 Å². The minimum Gasteiger partial charge on any atom is -0.501 e. The fraction of sp³-hybridized carbons (Fsp3) is 0.243. The maximum absolute atomic E-state index is 8.44. The van der Waals surface area contributed by atoms with E-state index in [1.54, 1.807) is 6.20 Å². The Morgan fingerprint density at radius 3 is 2.24 bits per heavy atom. The third-order valence-corrected chi connectivity index (χ3v) is 9.18. The Kier molecular flexibility index (Phi) is 9.09. The Hall–Kier alpha value is -3.37. The van der Waals surface area contributed by atoms with Gasteiger partial charge in [0.1, 0.15) is 5.58 Å². The zero-order valence-corrected chi connectivity index (χ0v) is 28.7. The molecule has 5 heteroatoms. The number of rotatable bonds is 5. The Morgan fingerprint density at radius 2 is 1.55 bits per heavy atom. The third kappa shape index (κ3) is 6.81. The summed E-state index contributed by atoms with van der Waals surface area (Å²) in [7, 11) is -1.50. The van der Waals surface area contributed by atoms with Crippen LogP contribution >= 0.6 is 0 Å². The predicted molar refractivity (Wildman–Crippen MR) is 175 cm³/mol. The number of aromatic nitrogens is 2. The first-order valence-electron chi connectivity index (χ1n) is 15.0. The molecule has 0 bridgehead atoms. The van der Waals surface area contributed by atoms with Gasteiger partial charge in [-0.25, -0.2) is 0 Å². The Bertz CT molecular complexity index is 1880. The molecule has 0 atom stereocenters. The summed E-state index contributed by atoms with van der Waals surface area (Å²) < 4.78 is 22.7. The van der Waals surface area contributed by atoms with Crippen LogP contribution in [0.25, 0.3) is 44.5 Å². The number of hydrogen-bond acceptors (Lipinski definition) is 3. The van der Waals surface area contributed by atoms with Crippen LogP contribution in [-0.2, 0) is 20.1 Å². The summed E-state index contributed by atoms with van der Waals surface area (Å²) in [4.78, 5) is 9.08. The summed E-state index contributed by atoms with van der Waals surface area (Å²) in [6.45, 7) is 14.5. The molecule has 1 radical (unpaired) electrons. The molecule has 0 amide bonds. The SMILES string of the molecule is [2H]C(C)(C)c1cc(-c2[c-]cccc2)ncc1[Si](C)(C)C.[2H]C(C)(C)c1ccnc(-c2[c-]ccc3c2oc2ccccc23)c1.[Ir]. The first-order chi connectivity index (χ1) is 20.2. The molecule has 0 fully saturated rings. The van der Waals surface area contributed by atoms with Gasteiger partial charge < -0.3 is 14.4 Å². The number of fused-ring (bicyclic) bond motifs is 3. The van der Waals surface area contributed by atoms with E-state index in [1.165, 1.54) is 5.19 Å². The van der Waals surface area contributed by atoms with E-state index in [9.17, 15) is 0 Å². The molecule has 3 aromatic heterocycles. The van der Waals surface area contributed by atoms with E-state index in [1.807, 2.05) is 101 Å². The molecule has 0 aliphatic carbocycles. The Morgan fingerprint density at radius 1 is 0.786 bits per heavy atom. The summed E-state index contributed by atoms with van der Waals surface area (Å²) >= 11 is 0. The molecule has 3 nitrogen and oxygen atoms in total. The quantitative estimate of drug-likeness (QED) is 0.130. The summed E-state index contributed by atoms with van der Waals surface area (Å²) in [5.74, 6) is -1.28. The number of para-hydroxylation sites is 1. The van der Waals surface area contributed by atoms with Crippen molar-refractivity contribution in [2.24, 2.45) is 0 Å².